The maximum absolute atomic E-state index is 11.0. The van der Waals surface area contributed by atoms with Crippen molar-refractivity contribution in [1.29, 1.82) is 0 Å². The largest absolute Gasteiger partial charge is 0.397 e. The van der Waals surface area contributed by atoms with Crippen LogP contribution in [0.4, 0.5) is 5.69 Å². The van der Waals surface area contributed by atoms with Gasteiger partial charge in [0.05, 0.1) is 5.69 Å². The Labute approximate surface area is 64.8 Å². The van der Waals surface area contributed by atoms with E-state index in [1.807, 2.05) is 6.92 Å². The van der Waals surface area contributed by atoms with E-state index in [9.17, 15) is 4.79 Å². The molecule has 1 amide bonds. The van der Waals surface area contributed by atoms with Crippen molar-refractivity contribution in [2.24, 2.45) is 0 Å². The SMILES string of the molecule is CNC(=O)c1[nH]c(C)cc1N. The number of carbonyl (C=O) groups is 1. The lowest BCUT2D eigenvalue weighted by molar-refractivity contribution is 0.0959. The summed E-state index contributed by atoms with van der Waals surface area (Å²) in [7, 11) is 1.57. The van der Waals surface area contributed by atoms with Gasteiger partial charge in [-0.15, -0.1) is 0 Å². The number of nitrogens with one attached hydrogen (secondary N) is 2. The van der Waals surface area contributed by atoms with E-state index in [1.165, 1.54) is 0 Å². The Bertz CT molecular complexity index is 277. The molecule has 0 spiro atoms. The van der Waals surface area contributed by atoms with E-state index >= 15 is 0 Å². The molecule has 0 aliphatic rings. The molecule has 60 valence electrons. The highest BCUT2D eigenvalue weighted by Gasteiger charge is 2.09. The first-order valence-corrected chi connectivity index (χ1v) is 3.32. The molecule has 0 unspecified atom stereocenters. The van der Waals surface area contributed by atoms with Crippen molar-refractivity contribution in [1.82, 2.24) is 10.3 Å². The van der Waals surface area contributed by atoms with Crippen LogP contribution in [0.25, 0.3) is 0 Å². The van der Waals surface area contributed by atoms with Crippen molar-refractivity contribution in [3.63, 3.8) is 0 Å². The molecular weight excluding hydrogens is 142 g/mol. The van der Waals surface area contributed by atoms with Crippen molar-refractivity contribution in [2.45, 2.75) is 6.92 Å². The van der Waals surface area contributed by atoms with Crippen molar-refractivity contribution < 1.29 is 4.79 Å². The first kappa shape index (κ1) is 7.65. The molecule has 1 aromatic rings. The Morgan fingerprint density at radius 2 is 2.36 bits per heavy atom. The summed E-state index contributed by atoms with van der Waals surface area (Å²) in [6.45, 7) is 1.85. The van der Waals surface area contributed by atoms with Crippen molar-refractivity contribution in [2.75, 3.05) is 12.8 Å². The average Bonchev–Trinajstić information content (AvgIpc) is 2.28. The number of hydrogen-bond donors (Lipinski definition) is 3. The van der Waals surface area contributed by atoms with Crippen LogP contribution < -0.4 is 11.1 Å². The molecule has 1 aromatic heterocycles. The molecule has 1 rings (SSSR count). The monoisotopic (exact) mass is 153 g/mol. The fourth-order valence-corrected chi connectivity index (χ4v) is 0.924. The first-order valence-electron chi connectivity index (χ1n) is 3.32. The third-order valence-corrected chi connectivity index (χ3v) is 1.44. The molecule has 4 N–H and O–H groups in total. The number of aromatic amines is 1. The Hall–Kier alpha value is -1.45. The van der Waals surface area contributed by atoms with Gasteiger partial charge in [0.2, 0.25) is 0 Å². The number of aryl methyl sites for hydroxylation is 1. The predicted octanol–water partition coefficient (Wildman–Crippen LogP) is 0.265. The zero-order valence-electron chi connectivity index (χ0n) is 6.56. The third kappa shape index (κ3) is 1.34. The van der Waals surface area contributed by atoms with E-state index in [1.54, 1.807) is 13.1 Å². The second-order valence-corrected chi connectivity index (χ2v) is 2.36. The predicted molar refractivity (Wildman–Crippen MR) is 43.3 cm³/mol. The summed E-state index contributed by atoms with van der Waals surface area (Å²) in [6, 6.07) is 1.73. The van der Waals surface area contributed by atoms with Crippen LogP contribution in [0.3, 0.4) is 0 Å². The van der Waals surface area contributed by atoms with Gasteiger partial charge in [0.25, 0.3) is 5.91 Å². The van der Waals surface area contributed by atoms with Gasteiger partial charge >= 0.3 is 0 Å². The normalized spacial score (nSPS) is 9.64. The molecule has 0 saturated carbocycles. The van der Waals surface area contributed by atoms with Gasteiger partial charge in [-0.3, -0.25) is 4.79 Å². The summed E-state index contributed by atoms with van der Waals surface area (Å²) in [5.41, 5.74) is 7.34. The Morgan fingerprint density at radius 3 is 2.73 bits per heavy atom. The summed E-state index contributed by atoms with van der Waals surface area (Å²) < 4.78 is 0. The molecule has 4 heteroatoms. The number of nitrogen functional groups attached to an aromatic ring is 1. The number of amides is 1. The van der Waals surface area contributed by atoms with Crippen LogP contribution >= 0.6 is 0 Å². The smallest absolute Gasteiger partial charge is 0.269 e. The first-order chi connectivity index (χ1) is 5.15. The molecule has 4 nitrogen and oxygen atoms in total. The number of carbonyl (C=O) groups excluding carboxylic acids is 1. The maximum Gasteiger partial charge on any atom is 0.269 e. The van der Waals surface area contributed by atoms with Crippen LogP contribution in [-0.2, 0) is 0 Å². The van der Waals surface area contributed by atoms with Gasteiger partial charge in [0.15, 0.2) is 0 Å². The zero-order valence-corrected chi connectivity index (χ0v) is 6.56. The summed E-state index contributed by atoms with van der Waals surface area (Å²) >= 11 is 0. The quantitative estimate of drug-likeness (QED) is 0.541. The second kappa shape index (κ2) is 2.65. The second-order valence-electron chi connectivity index (χ2n) is 2.36. The number of H-pyrrole nitrogens is 1. The summed E-state index contributed by atoms with van der Waals surface area (Å²) in [5.74, 6) is -0.185. The van der Waals surface area contributed by atoms with Crippen LogP contribution in [0.5, 0.6) is 0 Å². The number of rotatable bonds is 1. The molecule has 0 bridgehead atoms. The molecule has 0 aliphatic heterocycles. The molecule has 0 radical (unpaired) electrons. The molecule has 11 heavy (non-hydrogen) atoms. The van der Waals surface area contributed by atoms with Crippen molar-refractivity contribution in [3.8, 4) is 0 Å². The van der Waals surface area contributed by atoms with Gasteiger partial charge in [-0.05, 0) is 13.0 Å². The van der Waals surface area contributed by atoms with Gasteiger partial charge in [-0.2, -0.15) is 0 Å². The lowest BCUT2D eigenvalue weighted by Crippen LogP contribution is -2.19. The van der Waals surface area contributed by atoms with Gasteiger partial charge in [-0.25, -0.2) is 0 Å². The topological polar surface area (TPSA) is 70.9 Å². The highest BCUT2D eigenvalue weighted by Crippen LogP contribution is 2.11. The van der Waals surface area contributed by atoms with Gasteiger partial charge < -0.3 is 16.0 Å². The fraction of sp³-hybridized carbons (Fsp3) is 0.286. The number of hydrogen-bond acceptors (Lipinski definition) is 2. The molecule has 0 saturated heterocycles. The average molecular weight is 153 g/mol. The molecule has 1 heterocycles. The number of anilines is 1. The molecule has 0 aromatic carbocycles. The van der Waals surface area contributed by atoms with Gasteiger partial charge in [0.1, 0.15) is 5.69 Å². The van der Waals surface area contributed by atoms with Gasteiger partial charge in [0, 0.05) is 12.7 Å². The van der Waals surface area contributed by atoms with Crippen LogP contribution in [0.1, 0.15) is 16.2 Å². The molecule has 0 fully saturated rings. The fourth-order valence-electron chi connectivity index (χ4n) is 0.924. The lowest BCUT2D eigenvalue weighted by Gasteiger charge is -1.95. The van der Waals surface area contributed by atoms with Crippen molar-refractivity contribution >= 4 is 11.6 Å². The minimum atomic E-state index is -0.185. The van der Waals surface area contributed by atoms with E-state index in [-0.39, 0.29) is 5.91 Å². The summed E-state index contributed by atoms with van der Waals surface area (Å²) in [5, 5.41) is 2.49. The van der Waals surface area contributed by atoms with Crippen LogP contribution in [-0.4, -0.2) is 17.9 Å². The minimum absolute atomic E-state index is 0.185. The van der Waals surface area contributed by atoms with Crippen LogP contribution in [0.15, 0.2) is 6.07 Å². The maximum atomic E-state index is 11.0. The van der Waals surface area contributed by atoms with Crippen molar-refractivity contribution in [3.05, 3.63) is 17.5 Å². The Balaban J connectivity index is 3.03. The van der Waals surface area contributed by atoms with E-state index in [0.717, 1.165) is 5.69 Å². The molecule has 0 atom stereocenters. The summed E-state index contributed by atoms with van der Waals surface area (Å²) in [4.78, 5) is 13.9. The summed E-state index contributed by atoms with van der Waals surface area (Å²) in [6.07, 6.45) is 0. The van der Waals surface area contributed by atoms with E-state index in [2.05, 4.69) is 10.3 Å². The minimum Gasteiger partial charge on any atom is -0.397 e. The third-order valence-electron chi connectivity index (χ3n) is 1.44. The Kier molecular flexibility index (Phi) is 1.85. The lowest BCUT2D eigenvalue weighted by atomic mass is 10.3. The van der Waals surface area contributed by atoms with E-state index in [4.69, 9.17) is 5.73 Å². The Morgan fingerprint density at radius 1 is 1.73 bits per heavy atom. The van der Waals surface area contributed by atoms with E-state index in [0.29, 0.717) is 11.4 Å². The highest BCUT2D eigenvalue weighted by molar-refractivity contribution is 5.97. The number of aromatic nitrogens is 1. The number of nitrogens with two attached hydrogens (primary N) is 1. The molecule has 0 aliphatic carbocycles. The van der Waals surface area contributed by atoms with Crippen LogP contribution in [0.2, 0.25) is 0 Å². The van der Waals surface area contributed by atoms with Crippen LogP contribution in [0, 0.1) is 6.92 Å². The highest BCUT2D eigenvalue weighted by atomic mass is 16.1. The molecular formula is C7H11N3O. The standard InChI is InChI=1S/C7H11N3O/c1-4-3-5(8)6(10-4)7(11)9-2/h3,10H,8H2,1-2H3,(H,9,11). The van der Waals surface area contributed by atoms with Gasteiger partial charge in [-0.1, -0.05) is 0 Å². The van der Waals surface area contributed by atoms with E-state index < -0.39 is 0 Å². The zero-order chi connectivity index (χ0) is 8.43.